The minimum absolute atomic E-state index is 0.104. The normalized spacial score (nSPS) is 19.0. The Kier molecular flexibility index (Phi) is 5.12. The van der Waals surface area contributed by atoms with Gasteiger partial charge in [-0.2, -0.15) is 5.01 Å². The summed E-state index contributed by atoms with van der Waals surface area (Å²) in [5, 5.41) is 20.4. The lowest BCUT2D eigenvalue weighted by Gasteiger charge is -2.37. The van der Waals surface area contributed by atoms with E-state index in [1.54, 1.807) is 30.3 Å². The van der Waals surface area contributed by atoms with Gasteiger partial charge in [0.25, 0.3) is 11.8 Å². The first-order valence-corrected chi connectivity index (χ1v) is 11.5. The highest BCUT2D eigenvalue weighted by Gasteiger charge is 2.54. The molecule has 6 rings (SSSR count). The van der Waals surface area contributed by atoms with Gasteiger partial charge in [-0.3, -0.25) is 14.8 Å². The van der Waals surface area contributed by atoms with Crippen LogP contribution in [0.25, 0.3) is 0 Å². The Morgan fingerprint density at radius 2 is 1.74 bits per heavy atom. The molecule has 1 unspecified atom stereocenters. The molecule has 3 aliphatic heterocycles. The van der Waals surface area contributed by atoms with E-state index in [1.165, 1.54) is 24.3 Å². The van der Waals surface area contributed by atoms with Gasteiger partial charge in [0.2, 0.25) is 0 Å². The summed E-state index contributed by atoms with van der Waals surface area (Å²) in [6.07, 6.45) is -1.74. The molecular formula is C26H19N3O9. The van der Waals surface area contributed by atoms with E-state index >= 15 is 0 Å². The minimum atomic E-state index is -1.45. The Morgan fingerprint density at radius 3 is 2.47 bits per heavy atom. The van der Waals surface area contributed by atoms with Gasteiger partial charge in [-0.1, -0.05) is 23.4 Å². The van der Waals surface area contributed by atoms with E-state index in [1.807, 2.05) is 0 Å². The quantitative estimate of drug-likeness (QED) is 0.203. The number of phenols is 1. The van der Waals surface area contributed by atoms with Crippen LogP contribution in [0, 0.1) is 0 Å². The number of nitrogens with two attached hydrogens (primary N) is 1. The van der Waals surface area contributed by atoms with Crippen molar-refractivity contribution in [2.24, 2.45) is 5.73 Å². The highest BCUT2D eigenvalue weighted by Crippen LogP contribution is 2.58. The van der Waals surface area contributed by atoms with Crippen molar-refractivity contribution >= 4 is 23.9 Å². The minimum Gasteiger partial charge on any atom is -0.508 e. The van der Waals surface area contributed by atoms with Crippen molar-refractivity contribution in [3.8, 4) is 23.0 Å². The molecule has 1 saturated heterocycles. The van der Waals surface area contributed by atoms with Crippen LogP contribution in [0.3, 0.4) is 0 Å². The van der Waals surface area contributed by atoms with Crippen LogP contribution in [0.4, 0.5) is 4.79 Å². The summed E-state index contributed by atoms with van der Waals surface area (Å²) in [5.41, 5.74) is 6.48. The van der Waals surface area contributed by atoms with Crippen molar-refractivity contribution < 1.29 is 43.7 Å². The van der Waals surface area contributed by atoms with E-state index in [4.69, 9.17) is 19.9 Å². The number of hydrogen-bond acceptors (Lipinski definition) is 10. The second kappa shape index (κ2) is 8.30. The molecule has 192 valence electrons. The molecule has 1 spiro atoms. The third-order valence-corrected chi connectivity index (χ3v) is 6.70. The molecule has 4 N–H and O–H groups in total. The summed E-state index contributed by atoms with van der Waals surface area (Å²) in [4.78, 5) is 49.4. The van der Waals surface area contributed by atoms with Gasteiger partial charge in [0.05, 0.1) is 11.1 Å². The van der Waals surface area contributed by atoms with E-state index in [9.17, 15) is 29.5 Å². The number of imide groups is 1. The number of phenolic OH excluding ortho intramolecular Hbond substituents is 1. The Bertz CT molecular complexity index is 1550. The molecule has 0 saturated carbocycles. The van der Waals surface area contributed by atoms with Crippen LogP contribution in [-0.2, 0) is 26.5 Å². The number of fused-ring (bicyclic) bond motifs is 6. The Morgan fingerprint density at radius 1 is 1.03 bits per heavy atom. The SMILES string of the molecule is NCc1c(OC(=O)N(O)N2C(=O)CCC2=O)ccc2c1Oc1cc(O)ccc1C21OC(=O)c2ccccc21. The molecule has 3 aromatic carbocycles. The van der Waals surface area contributed by atoms with Crippen molar-refractivity contribution in [3.05, 3.63) is 82.4 Å². The first kappa shape index (κ1) is 23.5. The van der Waals surface area contributed by atoms with Crippen molar-refractivity contribution in [1.82, 2.24) is 10.2 Å². The summed E-state index contributed by atoms with van der Waals surface area (Å²) < 4.78 is 17.4. The molecule has 0 aliphatic carbocycles. The highest BCUT2D eigenvalue weighted by molar-refractivity contribution is 6.02. The fourth-order valence-electron chi connectivity index (χ4n) is 5.04. The molecule has 3 aliphatic rings. The van der Waals surface area contributed by atoms with E-state index in [2.05, 4.69) is 0 Å². The van der Waals surface area contributed by atoms with Gasteiger partial charge in [0.1, 0.15) is 23.0 Å². The average Bonchev–Trinajstić information content (AvgIpc) is 3.39. The fraction of sp³-hybridized carbons (Fsp3) is 0.154. The molecule has 3 amide bonds. The van der Waals surface area contributed by atoms with E-state index in [-0.39, 0.29) is 53.1 Å². The number of aromatic hydroxyl groups is 1. The number of ether oxygens (including phenoxy) is 3. The number of benzene rings is 3. The van der Waals surface area contributed by atoms with Crippen LogP contribution in [0.1, 0.15) is 45.5 Å². The zero-order valence-electron chi connectivity index (χ0n) is 19.5. The smallest absolute Gasteiger partial charge is 0.460 e. The van der Waals surface area contributed by atoms with Gasteiger partial charge in [-0.25, -0.2) is 9.59 Å². The maximum Gasteiger partial charge on any atom is 0.460 e. The number of hydrogen-bond donors (Lipinski definition) is 3. The molecular weight excluding hydrogens is 498 g/mol. The third-order valence-electron chi connectivity index (χ3n) is 6.70. The number of amides is 3. The molecule has 0 bridgehead atoms. The van der Waals surface area contributed by atoms with Gasteiger partial charge >= 0.3 is 12.1 Å². The van der Waals surface area contributed by atoms with E-state index in [0.717, 1.165) is 0 Å². The second-order valence-corrected chi connectivity index (χ2v) is 8.78. The van der Waals surface area contributed by atoms with Gasteiger partial charge < -0.3 is 25.1 Å². The van der Waals surface area contributed by atoms with Gasteiger partial charge in [0, 0.05) is 42.1 Å². The van der Waals surface area contributed by atoms with Gasteiger partial charge in [-0.05, 0) is 30.3 Å². The first-order valence-electron chi connectivity index (χ1n) is 11.5. The molecule has 0 radical (unpaired) electrons. The zero-order chi connectivity index (χ0) is 26.8. The predicted octanol–water partition coefficient (Wildman–Crippen LogP) is 2.67. The van der Waals surface area contributed by atoms with Crippen LogP contribution < -0.4 is 15.2 Å². The summed E-state index contributed by atoms with van der Waals surface area (Å²) in [6, 6.07) is 14.1. The number of hydrazine groups is 1. The molecule has 1 atom stereocenters. The van der Waals surface area contributed by atoms with Crippen molar-refractivity contribution in [1.29, 1.82) is 0 Å². The Labute approximate surface area is 214 Å². The summed E-state index contributed by atoms with van der Waals surface area (Å²) in [6.45, 7) is -0.224. The second-order valence-electron chi connectivity index (χ2n) is 8.78. The average molecular weight is 517 g/mol. The van der Waals surface area contributed by atoms with Crippen molar-refractivity contribution in [2.45, 2.75) is 25.0 Å². The van der Waals surface area contributed by atoms with Crippen LogP contribution in [-0.4, -0.2) is 44.4 Å². The van der Waals surface area contributed by atoms with Gasteiger partial charge in [-0.15, -0.1) is 0 Å². The van der Waals surface area contributed by atoms with Gasteiger partial charge in [0.15, 0.2) is 5.60 Å². The van der Waals surface area contributed by atoms with Crippen LogP contribution in [0.15, 0.2) is 54.6 Å². The first-order chi connectivity index (χ1) is 18.3. The zero-order valence-corrected chi connectivity index (χ0v) is 19.5. The summed E-state index contributed by atoms with van der Waals surface area (Å²) >= 11 is 0. The molecule has 12 nitrogen and oxygen atoms in total. The Balaban J connectivity index is 1.48. The van der Waals surface area contributed by atoms with Crippen LogP contribution >= 0.6 is 0 Å². The number of carbonyl (C=O) groups excluding carboxylic acids is 4. The number of nitrogens with zero attached hydrogens (tertiary/aromatic N) is 2. The third kappa shape index (κ3) is 3.17. The lowest BCUT2D eigenvalue weighted by atomic mass is 9.77. The molecule has 3 heterocycles. The van der Waals surface area contributed by atoms with Crippen LogP contribution in [0.2, 0.25) is 0 Å². The maximum absolute atomic E-state index is 12.9. The molecule has 0 aromatic heterocycles. The predicted molar refractivity (Wildman–Crippen MR) is 125 cm³/mol. The Hall–Kier alpha value is -4.94. The topological polar surface area (TPSA) is 169 Å². The molecule has 38 heavy (non-hydrogen) atoms. The fourth-order valence-corrected chi connectivity index (χ4v) is 5.04. The highest BCUT2D eigenvalue weighted by atomic mass is 16.7. The summed E-state index contributed by atoms with van der Waals surface area (Å²) in [5.74, 6) is -2.04. The molecule has 1 fully saturated rings. The number of rotatable bonds is 3. The van der Waals surface area contributed by atoms with Crippen molar-refractivity contribution in [2.75, 3.05) is 0 Å². The van der Waals surface area contributed by atoms with Crippen molar-refractivity contribution in [3.63, 3.8) is 0 Å². The largest absolute Gasteiger partial charge is 0.508 e. The maximum atomic E-state index is 12.9. The molecule has 3 aromatic rings. The standard InChI is InChI=1S/C26H19N3O9/c27-12-15-19(37-25(34)29(35)28-21(31)9-10-22(28)32)8-7-18-23(15)36-20-11-13(30)5-6-17(20)26(18)16-4-2-1-3-14(16)24(33)38-26/h1-8,11,30,35H,9-10,12,27H2. The lowest BCUT2D eigenvalue weighted by molar-refractivity contribution is -0.207. The molecule has 12 heteroatoms. The summed E-state index contributed by atoms with van der Waals surface area (Å²) in [7, 11) is 0. The number of hydroxylamine groups is 1. The monoisotopic (exact) mass is 517 g/mol. The van der Waals surface area contributed by atoms with E-state index in [0.29, 0.717) is 27.3 Å². The lowest BCUT2D eigenvalue weighted by Crippen LogP contribution is -2.48. The number of carbonyl (C=O) groups is 4. The number of esters is 1. The van der Waals surface area contributed by atoms with E-state index < -0.39 is 29.5 Å². The van der Waals surface area contributed by atoms with Crippen LogP contribution in [0.5, 0.6) is 23.0 Å².